The summed E-state index contributed by atoms with van der Waals surface area (Å²) in [6, 6.07) is 9.83. The summed E-state index contributed by atoms with van der Waals surface area (Å²) in [6.07, 6.45) is 3.07. The van der Waals surface area contributed by atoms with Crippen LogP contribution in [0.15, 0.2) is 42.5 Å². The third-order valence-electron chi connectivity index (χ3n) is 4.32. The van der Waals surface area contributed by atoms with Crippen LogP contribution in [-0.2, 0) is 4.79 Å². The lowest BCUT2D eigenvalue weighted by molar-refractivity contribution is -0.118. The number of carbonyl (C=O) groups is 2. The van der Waals surface area contributed by atoms with Crippen LogP contribution in [-0.4, -0.2) is 36.4 Å². The van der Waals surface area contributed by atoms with E-state index in [-0.39, 0.29) is 18.2 Å². The molecule has 1 fully saturated rings. The van der Waals surface area contributed by atoms with E-state index in [0.717, 1.165) is 31.4 Å². The Kier molecular flexibility index (Phi) is 6.01. The average molecular weight is 374 g/mol. The first-order valence-corrected chi connectivity index (χ1v) is 8.80. The fourth-order valence-corrected chi connectivity index (χ4v) is 2.95. The number of carbonyl (C=O) groups excluding carboxylic acids is 2. The molecule has 0 unspecified atom stereocenters. The summed E-state index contributed by atoms with van der Waals surface area (Å²) in [4.78, 5) is 26.5. The summed E-state index contributed by atoms with van der Waals surface area (Å²) in [7, 11) is 0. The fourth-order valence-electron chi connectivity index (χ4n) is 2.95. The molecule has 0 saturated carbocycles. The van der Waals surface area contributed by atoms with Crippen LogP contribution in [0.4, 0.5) is 14.5 Å². The molecule has 1 aliphatic rings. The molecule has 3 rings (SSSR count). The van der Waals surface area contributed by atoms with Crippen molar-refractivity contribution in [1.82, 2.24) is 4.90 Å². The molecule has 0 radical (unpaired) electrons. The molecular weight excluding hydrogens is 354 g/mol. The molecule has 142 valence electrons. The van der Waals surface area contributed by atoms with Crippen molar-refractivity contribution in [3.63, 3.8) is 0 Å². The molecule has 0 aliphatic carbocycles. The van der Waals surface area contributed by atoms with E-state index in [2.05, 4.69) is 5.32 Å². The molecule has 1 heterocycles. The first kappa shape index (κ1) is 18.8. The Morgan fingerprint density at radius 3 is 2.48 bits per heavy atom. The van der Waals surface area contributed by atoms with E-state index in [4.69, 9.17) is 4.74 Å². The van der Waals surface area contributed by atoms with Crippen LogP contribution in [0, 0.1) is 11.6 Å². The molecule has 7 heteroatoms. The molecule has 0 aromatic heterocycles. The highest BCUT2D eigenvalue weighted by atomic mass is 19.2. The number of ether oxygens (including phenoxy) is 1. The van der Waals surface area contributed by atoms with Crippen molar-refractivity contribution in [2.24, 2.45) is 0 Å². The third kappa shape index (κ3) is 4.81. The molecule has 1 aliphatic heterocycles. The van der Waals surface area contributed by atoms with Crippen LogP contribution in [0.3, 0.4) is 0 Å². The maximum Gasteiger partial charge on any atom is 0.262 e. The molecule has 2 aromatic carbocycles. The first-order valence-electron chi connectivity index (χ1n) is 8.80. The summed E-state index contributed by atoms with van der Waals surface area (Å²) < 4.78 is 31.6. The summed E-state index contributed by atoms with van der Waals surface area (Å²) in [6.45, 7) is 1.07. The monoisotopic (exact) mass is 374 g/mol. The molecule has 5 nitrogen and oxygen atoms in total. The van der Waals surface area contributed by atoms with E-state index in [1.807, 2.05) is 0 Å². The van der Waals surface area contributed by atoms with Crippen molar-refractivity contribution in [2.45, 2.75) is 19.3 Å². The van der Waals surface area contributed by atoms with Crippen molar-refractivity contribution in [1.29, 1.82) is 0 Å². The standard InChI is InChI=1S/C20H20F2N2O3/c21-16-9-8-14(12-17(16)22)23-19(25)13-27-18-7-3-2-6-15(18)20(26)24-10-4-1-5-11-24/h2-3,6-9,12H,1,4-5,10-11,13H2,(H,23,25). The molecular formula is C20H20F2N2O3. The Balaban J connectivity index is 1.62. The van der Waals surface area contributed by atoms with E-state index in [0.29, 0.717) is 24.4 Å². The zero-order valence-corrected chi connectivity index (χ0v) is 14.7. The van der Waals surface area contributed by atoms with Gasteiger partial charge in [0.1, 0.15) is 5.75 Å². The summed E-state index contributed by atoms with van der Waals surface area (Å²) >= 11 is 0. The highest BCUT2D eigenvalue weighted by Crippen LogP contribution is 2.22. The Morgan fingerprint density at radius 2 is 1.74 bits per heavy atom. The average Bonchev–Trinajstić information content (AvgIpc) is 2.69. The van der Waals surface area contributed by atoms with Crippen molar-refractivity contribution in [2.75, 3.05) is 25.0 Å². The SMILES string of the molecule is O=C(COc1ccccc1C(=O)N1CCCCC1)Nc1ccc(F)c(F)c1. The van der Waals surface area contributed by atoms with Crippen molar-refractivity contribution < 1.29 is 23.1 Å². The van der Waals surface area contributed by atoms with Crippen molar-refractivity contribution in [3.8, 4) is 5.75 Å². The molecule has 27 heavy (non-hydrogen) atoms. The second-order valence-corrected chi connectivity index (χ2v) is 6.31. The predicted octanol–water partition coefficient (Wildman–Crippen LogP) is 3.61. The lowest BCUT2D eigenvalue weighted by Crippen LogP contribution is -2.35. The molecule has 2 amide bonds. The number of nitrogens with zero attached hydrogens (tertiary/aromatic N) is 1. The van der Waals surface area contributed by atoms with Gasteiger partial charge in [0, 0.05) is 24.8 Å². The van der Waals surface area contributed by atoms with Gasteiger partial charge in [0.25, 0.3) is 11.8 Å². The second-order valence-electron chi connectivity index (χ2n) is 6.31. The Morgan fingerprint density at radius 1 is 1.00 bits per heavy atom. The quantitative estimate of drug-likeness (QED) is 0.870. The number of benzene rings is 2. The second kappa shape index (κ2) is 8.62. The number of halogens is 2. The van der Waals surface area contributed by atoms with Crippen LogP contribution in [0.2, 0.25) is 0 Å². The molecule has 0 spiro atoms. The van der Waals surface area contributed by atoms with Gasteiger partial charge < -0.3 is 15.0 Å². The number of hydrogen-bond acceptors (Lipinski definition) is 3. The minimum Gasteiger partial charge on any atom is -0.483 e. The van der Waals surface area contributed by atoms with Gasteiger partial charge in [0.2, 0.25) is 0 Å². The van der Waals surface area contributed by atoms with E-state index in [1.54, 1.807) is 29.2 Å². The Bertz CT molecular complexity index is 836. The van der Waals surface area contributed by atoms with E-state index in [1.165, 1.54) is 6.07 Å². The van der Waals surface area contributed by atoms with Gasteiger partial charge in [-0.3, -0.25) is 9.59 Å². The number of nitrogens with one attached hydrogen (secondary N) is 1. The van der Waals surface area contributed by atoms with Gasteiger partial charge in [-0.2, -0.15) is 0 Å². The summed E-state index contributed by atoms with van der Waals surface area (Å²) in [5.74, 6) is -2.39. The van der Waals surface area contributed by atoms with E-state index in [9.17, 15) is 18.4 Å². The third-order valence-corrected chi connectivity index (χ3v) is 4.32. The normalized spacial score (nSPS) is 13.9. The Hall–Kier alpha value is -2.96. The minimum atomic E-state index is -1.05. The number of piperidine rings is 1. The lowest BCUT2D eigenvalue weighted by atomic mass is 10.1. The largest absolute Gasteiger partial charge is 0.483 e. The van der Waals surface area contributed by atoms with Crippen LogP contribution in [0.5, 0.6) is 5.75 Å². The zero-order chi connectivity index (χ0) is 19.2. The smallest absolute Gasteiger partial charge is 0.262 e. The number of hydrogen-bond donors (Lipinski definition) is 1. The van der Waals surface area contributed by atoms with Gasteiger partial charge >= 0.3 is 0 Å². The van der Waals surface area contributed by atoms with Crippen LogP contribution in [0.25, 0.3) is 0 Å². The molecule has 2 aromatic rings. The maximum atomic E-state index is 13.2. The van der Waals surface area contributed by atoms with Gasteiger partial charge in [-0.25, -0.2) is 8.78 Å². The minimum absolute atomic E-state index is 0.119. The zero-order valence-electron chi connectivity index (χ0n) is 14.7. The lowest BCUT2D eigenvalue weighted by Gasteiger charge is -2.27. The van der Waals surface area contributed by atoms with E-state index >= 15 is 0 Å². The van der Waals surface area contributed by atoms with Gasteiger partial charge in [-0.05, 0) is 43.5 Å². The molecule has 0 bridgehead atoms. The van der Waals surface area contributed by atoms with E-state index < -0.39 is 17.5 Å². The van der Waals surface area contributed by atoms with Gasteiger partial charge in [0.05, 0.1) is 5.56 Å². The van der Waals surface area contributed by atoms with Crippen molar-refractivity contribution in [3.05, 3.63) is 59.7 Å². The van der Waals surface area contributed by atoms with Gasteiger partial charge in [0.15, 0.2) is 18.2 Å². The molecule has 0 atom stereocenters. The number of likely N-dealkylation sites (tertiary alicyclic amines) is 1. The first-order chi connectivity index (χ1) is 13.0. The van der Waals surface area contributed by atoms with Crippen LogP contribution in [0.1, 0.15) is 29.6 Å². The van der Waals surface area contributed by atoms with Crippen molar-refractivity contribution >= 4 is 17.5 Å². The number of para-hydroxylation sites is 1. The number of anilines is 1. The Labute approximate surface area is 155 Å². The molecule has 1 N–H and O–H groups in total. The predicted molar refractivity (Wildman–Crippen MR) is 96.7 cm³/mol. The topological polar surface area (TPSA) is 58.6 Å². The maximum absolute atomic E-state index is 13.2. The summed E-state index contributed by atoms with van der Waals surface area (Å²) in [5.41, 5.74) is 0.528. The highest BCUT2D eigenvalue weighted by molar-refractivity contribution is 5.97. The highest BCUT2D eigenvalue weighted by Gasteiger charge is 2.21. The summed E-state index contributed by atoms with van der Waals surface area (Å²) in [5, 5.41) is 2.43. The number of rotatable bonds is 5. The molecule has 1 saturated heterocycles. The van der Waals surface area contributed by atoms with Crippen LogP contribution >= 0.6 is 0 Å². The van der Waals surface area contributed by atoms with Gasteiger partial charge in [-0.15, -0.1) is 0 Å². The fraction of sp³-hybridized carbons (Fsp3) is 0.300. The van der Waals surface area contributed by atoms with Gasteiger partial charge in [-0.1, -0.05) is 12.1 Å². The van der Waals surface area contributed by atoms with Crippen LogP contribution < -0.4 is 10.1 Å². The number of amides is 2.